The zero-order chi connectivity index (χ0) is 22.3. The number of nitrogens with zero attached hydrogens (tertiary/aromatic N) is 1. The molecule has 1 atom stereocenters. The van der Waals surface area contributed by atoms with E-state index in [2.05, 4.69) is 4.98 Å². The molecule has 1 N–H and O–H groups in total. The van der Waals surface area contributed by atoms with Gasteiger partial charge in [0.05, 0.1) is 25.0 Å². The largest absolute Gasteiger partial charge is 0.756 e. The summed E-state index contributed by atoms with van der Waals surface area (Å²) in [5.74, 6) is 0.694. The van der Waals surface area contributed by atoms with E-state index in [0.717, 1.165) is 22.4 Å². The lowest BCUT2D eigenvalue weighted by atomic mass is 10.1. The zero-order valence-electron chi connectivity index (χ0n) is 17.4. The number of phosphoric acid groups is 1. The highest BCUT2D eigenvalue weighted by Gasteiger charge is 2.12. The van der Waals surface area contributed by atoms with Crippen LogP contribution in [0, 0.1) is 0 Å². The SMILES string of the molecule is CC(C)OP(=O)([O-])OCc1ccc(-c2cccc(OCc3cccc(CO)c3)c2)nc1. The predicted octanol–water partition coefficient (Wildman–Crippen LogP) is 4.23. The minimum absolute atomic E-state index is 0.00680. The van der Waals surface area contributed by atoms with E-state index in [1.165, 1.54) is 0 Å². The van der Waals surface area contributed by atoms with E-state index in [1.807, 2.05) is 48.5 Å². The van der Waals surface area contributed by atoms with Crippen LogP contribution in [0.1, 0.15) is 30.5 Å². The summed E-state index contributed by atoms with van der Waals surface area (Å²) >= 11 is 0. The molecule has 7 nitrogen and oxygen atoms in total. The molecule has 0 bridgehead atoms. The highest BCUT2D eigenvalue weighted by atomic mass is 31.2. The molecule has 0 aliphatic heterocycles. The van der Waals surface area contributed by atoms with Gasteiger partial charge in [0.2, 0.25) is 0 Å². The molecule has 1 unspecified atom stereocenters. The van der Waals surface area contributed by atoms with E-state index in [0.29, 0.717) is 17.9 Å². The van der Waals surface area contributed by atoms with Crippen LogP contribution in [-0.2, 0) is 33.4 Å². The van der Waals surface area contributed by atoms with Gasteiger partial charge in [0.25, 0.3) is 7.82 Å². The van der Waals surface area contributed by atoms with Gasteiger partial charge in [-0.3, -0.25) is 9.55 Å². The number of aromatic nitrogens is 1. The number of aliphatic hydroxyl groups is 1. The first kappa shape index (κ1) is 23.1. The minimum Gasteiger partial charge on any atom is -0.756 e. The molecule has 31 heavy (non-hydrogen) atoms. The summed E-state index contributed by atoms with van der Waals surface area (Å²) < 4.78 is 27.2. The Balaban J connectivity index is 1.62. The van der Waals surface area contributed by atoms with Crippen molar-refractivity contribution in [2.75, 3.05) is 0 Å². The second kappa shape index (κ2) is 10.7. The van der Waals surface area contributed by atoms with Gasteiger partial charge in [-0.05, 0) is 48.7 Å². The maximum Gasteiger partial charge on any atom is 0.268 e. The van der Waals surface area contributed by atoms with Crippen LogP contribution in [0.4, 0.5) is 0 Å². The Hall–Kier alpha value is -2.54. The van der Waals surface area contributed by atoms with Crippen molar-refractivity contribution in [3.05, 3.63) is 83.6 Å². The molecule has 0 saturated carbocycles. The summed E-state index contributed by atoms with van der Waals surface area (Å²) in [6, 6.07) is 18.7. The molecule has 0 fully saturated rings. The zero-order valence-corrected chi connectivity index (χ0v) is 18.3. The van der Waals surface area contributed by atoms with Gasteiger partial charge in [0, 0.05) is 11.8 Å². The lowest BCUT2D eigenvalue weighted by molar-refractivity contribution is -0.229. The third-order valence-corrected chi connectivity index (χ3v) is 5.39. The molecule has 8 heteroatoms. The van der Waals surface area contributed by atoms with Crippen molar-refractivity contribution in [2.24, 2.45) is 0 Å². The number of hydrogen-bond acceptors (Lipinski definition) is 7. The van der Waals surface area contributed by atoms with E-state index in [9.17, 15) is 14.6 Å². The summed E-state index contributed by atoms with van der Waals surface area (Å²) in [5, 5.41) is 9.25. The predicted molar refractivity (Wildman–Crippen MR) is 115 cm³/mol. The van der Waals surface area contributed by atoms with Crippen molar-refractivity contribution in [2.45, 2.75) is 39.8 Å². The van der Waals surface area contributed by atoms with Crippen molar-refractivity contribution in [3.63, 3.8) is 0 Å². The number of rotatable bonds is 10. The van der Waals surface area contributed by atoms with Crippen LogP contribution in [0.15, 0.2) is 66.9 Å². The fraction of sp³-hybridized carbons (Fsp3) is 0.261. The van der Waals surface area contributed by atoms with Crippen molar-refractivity contribution in [1.29, 1.82) is 0 Å². The standard InChI is InChI=1S/C23H26NO6P/c1-17(2)30-31(26,27)29-16-20-9-10-23(24-13-20)21-7-4-8-22(12-21)28-15-19-6-3-5-18(11-19)14-25/h3-13,17,25H,14-16H2,1-2H3,(H,26,27)/p-1. The van der Waals surface area contributed by atoms with Crippen molar-refractivity contribution in [1.82, 2.24) is 4.98 Å². The Morgan fingerprint density at radius 3 is 2.48 bits per heavy atom. The Bertz CT molecular complexity index is 1040. The van der Waals surface area contributed by atoms with E-state index in [4.69, 9.17) is 13.8 Å². The number of benzene rings is 2. The molecule has 3 aromatic rings. The summed E-state index contributed by atoms with van der Waals surface area (Å²) in [4.78, 5) is 16.1. The molecule has 164 valence electrons. The smallest absolute Gasteiger partial charge is 0.268 e. The fourth-order valence-corrected chi connectivity index (χ4v) is 3.74. The molecule has 1 heterocycles. The van der Waals surface area contributed by atoms with Crippen LogP contribution in [0.5, 0.6) is 5.75 Å². The summed E-state index contributed by atoms with van der Waals surface area (Å²) in [6.45, 7) is 3.47. The number of hydrogen-bond donors (Lipinski definition) is 1. The van der Waals surface area contributed by atoms with E-state index >= 15 is 0 Å². The lowest BCUT2D eigenvalue weighted by Crippen LogP contribution is -2.12. The van der Waals surface area contributed by atoms with Crippen molar-refractivity contribution >= 4 is 7.82 Å². The number of aliphatic hydroxyl groups excluding tert-OH is 1. The molecule has 0 amide bonds. The van der Waals surface area contributed by atoms with Gasteiger partial charge in [-0.25, -0.2) is 0 Å². The Kier molecular flexibility index (Phi) is 7.96. The van der Waals surface area contributed by atoms with Crippen LogP contribution in [0.25, 0.3) is 11.3 Å². The van der Waals surface area contributed by atoms with Gasteiger partial charge >= 0.3 is 0 Å². The first-order valence-electron chi connectivity index (χ1n) is 9.85. The number of ether oxygens (including phenoxy) is 1. The highest BCUT2D eigenvalue weighted by Crippen LogP contribution is 2.40. The third-order valence-electron chi connectivity index (χ3n) is 4.26. The molecule has 0 aliphatic carbocycles. The van der Waals surface area contributed by atoms with Crippen LogP contribution >= 0.6 is 7.82 Å². The molecule has 0 radical (unpaired) electrons. The molecule has 3 rings (SSSR count). The molecule has 2 aromatic carbocycles. The minimum atomic E-state index is -4.34. The maximum atomic E-state index is 11.7. The van der Waals surface area contributed by atoms with Crippen LogP contribution in [0.3, 0.4) is 0 Å². The molecular formula is C23H25NO6P-. The average Bonchev–Trinajstić information content (AvgIpc) is 2.76. The normalized spacial score (nSPS) is 13.2. The van der Waals surface area contributed by atoms with Crippen LogP contribution < -0.4 is 9.63 Å². The van der Waals surface area contributed by atoms with Gasteiger partial charge in [-0.1, -0.05) is 42.5 Å². The molecule has 1 aromatic heterocycles. The average molecular weight is 442 g/mol. The highest BCUT2D eigenvalue weighted by molar-refractivity contribution is 7.45. The summed E-state index contributed by atoms with van der Waals surface area (Å²) in [7, 11) is -4.34. The molecule has 0 spiro atoms. The lowest BCUT2D eigenvalue weighted by Gasteiger charge is -2.24. The Morgan fingerprint density at radius 1 is 1.00 bits per heavy atom. The first-order valence-corrected chi connectivity index (χ1v) is 11.3. The fourth-order valence-electron chi connectivity index (χ4n) is 2.85. The first-order chi connectivity index (χ1) is 14.8. The van der Waals surface area contributed by atoms with Crippen molar-refractivity contribution in [3.8, 4) is 17.0 Å². The number of phosphoric ester groups is 1. The van der Waals surface area contributed by atoms with E-state index in [-0.39, 0.29) is 13.2 Å². The Morgan fingerprint density at radius 2 is 1.77 bits per heavy atom. The van der Waals surface area contributed by atoms with Gasteiger partial charge in [-0.2, -0.15) is 0 Å². The maximum absolute atomic E-state index is 11.7. The van der Waals surface area contributed by atoms with Gasteiger partial charge < -0.3 is 23.8 Å². The van der Waals surface area contributed by atoms with E-state index < -0.39 is 13.9 Å². The summed E-state index contributed by atoms with van der Waals surface area (Å²) in [5.41, 5.74) is 4.01. The third kappa shape index (κ3) is 7.28. The summed E-state index contributed by atoms with van der Waals surface area (Å²) in [6.07, 6.45) is 1.09. The van der Waals surface area contributed by atoms with Gasteiger partial charge in [0.1, 0.15) is 12.4 Å². The molecular weight excluding hydrogens is 417 g/mol. The molecule has 0 saturated heterocycles. The topological polar surface area (TPSA) is 101 Å². The van der Waals surface area contributed by atoms with E-state index in [1.54, 1.807) is 32.2 Å². The van der Waals surface area contributed by atoms with Crippen molar-refractivity contribution < 1.29 is 28.3 Å². The van der Waals surface area contributed by atoms with Gasteiger partial charge in [0.15, 0.2) is 0 Å². The second-order valence-corrected chi connectivity index (χ2v) is 8.58. The molecule has 0 aliphatic rings. The quantitative estimate of drug-likeness (QED) is 0.469. The Labute approximate surface area is 181 Å². The van der Waals surface area contributed by atoms with Crippen LogP contribution in [0.2, 0.25) is 0 Å². The number of pyridine rings is 1. The second-order valence-electron chi connectivity index (χ2n) is 7.22. The van der Waals surface area contributed by atoms with Crippen LogP contribution in [-0.4, -0.2) is 16.2 Å². The monoisotopic (exact) mass is 442 g/mol. The van der Waals surface area contributed by atoms with Gasteiger partial charge in [-0.15, -0.1) is 0 Å².